The summed E-state index contributed by atoms with van der Waals surface area (Å²) in [4.78, 5) is 32.2. The first-order valence-corrected chi connectivity index (χ1v) is 14.6. The monoisotopic (exact) mass is 603 g/mol. The molecule has 1 heterocycles. The lowest BCUT2D eigenvalue weighted by Gasteiger charge is -2.33. The number of halogens is 1. The van der Waals surface area contributed by atoms with E-state index in [2.05, 4.69) is 29.6 Å². The van der Waals surface area contributed by atoms with Gasteiger partial charge in [-0.25, -0.2) is 0 Å². The van der Waals surface area contributed by atoms with Gasteiger partial charge in [-0.05, 0) is 35.2 Å². The highest BCUT2D eigenvalue weighted by molar-refractivity contribution is 6.30. The molecule has 43 heavy (non-hydrogen) atoms. The second kappa shape index (κ2) is 16.1. The van der Waals surface area contributed by atoms with E-state index in [0.29, 0.717) is 47.1 Å². The second-order valence-corrected chi connectivity index (χ2v) is 10.6. The van der Waals surface area contributed by atoms with Gasteiger partial charge in [-0.2, -0.15) is 0 Å². The zero-order valence-corrected chi connectivity index (χ0v) is 25.3. The van der Waals surface area contributed by atoms with Crippen LogP contribution in [-0.4, -0.2) is 64.7 Å². The molecule has 2 atom stereocenters. The molecule has 4 rings (SSSR count). The number of hydrogen-bond acceptors (Lipinski definition) is 7. The minimum atomic E-state index is -0.899. The number of hydrogen-bond donors (Lipinski definition) is 2. The normalized spacial score (nSPS) is 16.6. The average molecular weight is 604 g/mol. The fourth-order valence-electron chi connectivity index (χ4n) is 5.53. The SMILES string of the molecule is COCC1=NC(COCCN)=C(C(=O)NCCC(c2ccccc2)c2ccccc2)C(c2cccc(Cl)c2)C1C(=O)OC. The Kier molecular flexibility index (Phi) is 12.1. The van der Waals surface area contributed by atoms with Gasteiger partial charge in [0.1, 0.15) is 5.92 Å². The van der Waals surface area contributed by atoms with Gasteiger partial charge in [0.15, 0.2) is 0 Å². The van der Waals surface area contributed by atoms with Gasteiger partial charge in [-0.15, -0.1) is 0 Å². The molecule has 0 bridgehead atoms. The number of ether oxygens (including phenoxy) is 3. The van der Waals surface area contributed by atoms with Gasteiger partial charge in [-0.1, -0.05) is 84.4 Å². The predicted octanol–water partition coefficient (Wildman–Crippen LogP) is 4.88. The van der Waals surface area contributed by atoms with Gasteiger partial charge < -0.3 is 25.3 Å². The quantitative estimate of drug-likeness (QED) is 0.201. The molecule has 0 fully saturated rings. The minimum Gasteiger partial charge on any atom is -0.468 e. The molecule has 3 aromatic rings. The van der Waals surface area contributed by atoms with Crippen molar-refractivity contribution in [2.75, 3.05) is 47.1 Å². The van der Waals surface area contributed by atoms with Crippen molar-refractivity contribution in [2.45, 2.75) is 18.3 Å². The summed E-state index contributed by atoms with van der Waals surface area (Å²) in [5.74, 6) is -2.42. The predicted molar refractivity (Wildman–Crippen MR) is 168 cm³/mol. The van der Waals surface area contributed by atoms with E-state index in [4.69, 9.17) is 36.5 Å². The maximum Gasteiger partial charge on any atom is 0.315 e. The smallest absolute Gasteiger partial charge is 0.315 e. The van der Waals surface area contributed by atoms with Crippen LogP contribution >= 0.6 is 11.6 Å². The first-order valence-electron chi connectivity index (χ1n) is 14.3. The molecule has 1 amide bonds. The number of rotatable bonds is 14. The van der Waals surface area contributed by atoms with Crippen molar-refractivity contribution in [3.63, 3.8) is 0 Å². The third-order valence-electron chi connectivity index (χ3n) is 7.42. The molecule has 0 spiro atoms. The Balaban J connectivity index is 1.71. The first kappa shape index (κ1) is 32.1. The van der Waals surface area contributed by atoms with E-state index in [-0.39, 0.29) is 31.6 Å². The molecule has 0 saturated heterocycles. The van der Waals surface area contributed by atoms with E-state index in [0.717, 1.165) is 11.1 Å². The largest absolute Gasteiger partial charge is 0.468 e. The summed E-state index contributed by atoms with van der Waals surface area (Å²) >= 11 is 6.40. The fourth-order valence-corrected chi connectivity index (χ4v) is 5.72. The van der Waals surface area contributed by atoms with Crippen molar-refractivity contribution in [2.24, 2.45) is 16.6 Å². The van der Waals surface area contributed by atoms with Gasteiger partial charge >= 0.3 is 5.97 Å². The van der Waals surface area contributed by atoms with Crippen LogP contribution < -0.4 is 11.1 Å². The van der Waals surface area contributed by atoms with E-state index < -0.39 is 17.8 Å². The summed E-state index contributed by atoms with van der Waals surface area (Å²) in [6, 6.07) is 27.6. The number of carbonyl (C=O) groups excluding carboxylic acids is 2. The number of carbonyl (C=O) groups is 2. The molecule has 8 nitrogen and oxygen atoms in total. The molecule has 3 N–H and O–H groups in total. The standard InChI is InChI=1S/C34H38ClN3O5/c1-41-21-28-32(34(40)42-2)30(25-14-9-15-26(35)20-25)31(29(38-28)22-43-19-17-36)33(39)37-18-16-27(23-10-5-3-6-11-23)24-12-7-4-8-13-24/h3-15,20,27,30,32H,16-19,21-22,36H2,1-2H3,(H,37,39). The van der Waals surface area contributed by atoms with Gasteiger partial charge in [0.25, 0.3) is 0 Å². The van der Waals surface area contributed by atoms with Crippen LogP contribution in [0.15, 0.2) is 101 Å². The molecular formula is C34H38ClN3O5. The van der Waals surface area contributed by atoms with Crippen molar-refractivity contribution in [3.05, 3.63) is 118 Å². The lowest BCUT2D eigenvalue weighted by molar-refractivity contribution is -0.143. The number of aliphatic imine (C=N–C) groups is 1. The molecule has 0 aromatic heterocycles. The first-order chi connectivity index (χ1) is 21.0. The Hall–Kier alpha value is -3.82. The number of amides is 1. The number of nitrogens with zero attached hydrogens (tertiary/aromatic N) is 1. The molecule has 2 unspecified atom stereocenters. The Bertz CT molecular complexity index is 1390. The summed E-state index contributed by atoms with van der Waals surface area (Å²) in [6.07, 6.45) is 0.659. The minimum absolute atomic E-state index is 0.0365. The zero-order chi connectivity index (χ0) is 30.6. The molecular weight excluding hydrogens is 566 g/mol. The van der Waals surface area contributed by atoms with Gasteiger partial charge in [0.2, 0.25) is 5.91 Å². The van der Waals surface area contributed by atoms with Crippen LogP contribution in [0, 0.1) is 5.92 Å². The van der Waals surface area contributed by atoms with E-state index in [1.54, 1.807) is 18.2 Å². The average Bonchev–Trinajstić information content (AvgIpc) is 3.03. The van der Waals surface area contributed by atoms with Crippen LogP contribution in [0.3, 0.4) is 0 Å². The van der Waals surface area contributed by atoms with Crippen LogP contribution in [0.2, 0.25) is 5.02 Å². The summed E-state index contributed by atoms with van der Waals surface area (Å²) < 4.78 is 16.4. The van der Waals surface area contributed by atoms with E-state index >= 15 is 0 Å². The summed E-state index contributed by atoms with van der Waals surface area (Å²) in [6.45, 7) is 1.09. The highest BCUT2D eigenvalue weighted by atomic mass is 35.5. The van der Waals surface area contributed by atoms with Crippen molar-refractivity contribution in [1.29, 1.82) is 0 Å². The van der Waals surface area contributed by atoms with Gasteiger partial charge in [0.05, 0.1) is 38.3 Å². The maximum atomic E-state index is 14.2. The highest BCUT2D eigenvalue weighted by Crippen LogP contribution is 2.40. The lowest BCUT2D eigenvalue weighted by atomic mass is 9.75. The van der Waals surface area contributed by atoms with Crippen LogP contribution in [0.1, 0.15) is 34.9 Å². The van der Waals surface area contributed by atoms with Gasteiger partial charge in [-0.3, -0.25) is 14.6 Å². The molecule has 1 aliphatic rings. The van der Waals surface area contributed by atoms with Crippen molar-refractivity contribution < 1.29 is 23.8 Å². The molecule has 9 heteroatoms. The number of nitrogens with one attached hydrogen (secondary N) is 1. The number of nitrogens with two attached hydrogens (primary N) is 1. The van der Waals surface area contributed by atoms with Crippen LogP contribution in [0.25, 0.3) is 0 Å². The number of benzene rings is 3. The van der Waals surface area contributed by atoms with Crippen molar-refractivity contribution in [1.82, 2.24) is 5.32 Å². The summed E-state index contributed by atoms with van der Waals surface area (Å²) in [7, 11) is 2.84. The Labute approximate surface area is 257 Å². The van der Waals surface area contributed by atoms with E-state index in [1.165, 1.54) is 14.2 Å². The Morgan fingerprint density at radius 2 is 1.63 bits per heavy atom. The summed E-state index contributed by atoms with van der Waals surface area (Å²) in [5, 5.41) is 3.60. The lowest BCUT2D eigenvalue weighted by Crippen LogP contribution is -2.42. The highest BCUT2D eigenvalue weighted by Gasteiger charge is 2.43. The fraction of sp³-hybridized carbons (Fsp3) is 0.324. The van der Waals surface area contributed by atoms with E-state index in [9.17, 15) is 9.59 Å². The maximum absolute atomic E-state index is 14.2. The van der Waals surface area contributed by atoms with Crippen LogP contribution in [0.5, 0.6) is 0 Å². The molecule has 0 aliphatic carbocycles. The van der Waals surface area contributed by atoms with E-state index in [1.807, 2.05) is 42.5 Å². The molecule has 3 aromatic carbocycles. The van der Waals surface area contributed by atoms with Crippen LogP contribution in [0.4, 0.5) is 0 Å². The molecule has 0 saturated carbocycles. The molecule has 1 aliphatic heterocycles. The summed E-state index contributed by atoms with van der Waals surface area (Å²) in [5.41, 5.74) is 9.84. The third kappa shape index (κ3) is 8.18. The van der Waals surface area contributed by atoms with Crippen LogP contribution in [-0.2, 0) is 23.8 Å². The third-order valence-corrected chi connectivity index (χ3v) is 7.65. The molecule has 0 radical (unpaired) electrons. The second-order valence-electron chi connectivity index (χ2n) is 10.2. The van der Waals surface area contributed by atoms with Gasteiger partial charge in [0, 0.05) is 42.6 Å². The molecule has 226 valence electrons. The van der Waals surface area contributed by atoms with Crippen molar-refractivity contribution >= 4 is 29.2 Å². The number of esters is 1. The topological polar surface area (TPSA) is 112 Å². The zero-order valence-electron chi connectivity index (χ0n) is 24.5. The van der Waals surface area contributed by atoms with Crippen molar-refractivity contribution in [3.8, 4) is 0 Å². The number of methoxy groups -OCH3 is 2. The Morgan fingerprint density at radius 1 is 0.953 bits per heavy atom. The Morgan fingerprint density at radius 3 is 2.21 bits per heavy atom.